The molecule has 20 heavy (non-hydrogen) atoms. The molecule has 110 valence electrons. The molecule has 1 heterocycles. The molecule has 1 amide bonds. The SMILES string of the molecule is CCC1CCC(=NN=C2NC(=O)C(CC(=O)O)S2)CC1. The fraction of sp³-hybridized carbons (Fsp3) is 0.692. The number of carboxylic acids is 1. The smallest absolute Gasteiger partial charge is 0.305 e. The molecule has 2 aliphatic rings. The van der Waals surface area contributed by atoms with E-state index in [9.17, 15) is 9.59 Å². The van der Waals surface area contributed by atoms with Gasteiger partial charge in [0.25, 0.3) is 0 Å². The van der Waals surface area contributed by atoms with Gasteiger partial charge in [0.05, 0.1) is 6.42 Å². The fourth-order valence-corrected chi connectivity index (χ4v) is 3.29. The van der Waals surface area contributed by atoms with Crippen molar-refractivity contribution in [2.45, 2.75) is 50.7 Å². The molecule has 1 aliphatic carbocycles. The minimum atomic E-state index is -0.983. The van der Waals surface area contributed by atoms with Crippen LogP contribution in [0.4, 0.5) is 0 Å². The van der Waals surface area contributed by atoms with Gasteiger partial charge in [0.15, 0.2) is 5.17 Å². The van der Waals surface area contributed by atoms with Crippen LogP contribution in [0.15, 0.2) is 10.2 Å². The molecule has 6 nitrogen and oxygen atoms in total. The minimum absolute atomic E-state index is 0.190. The highest BCUT2D eigenvalue weighted by Gasteiger charge is 2.32. The summed E-state index contributed by atoms with van der Waals surface area (Å²) in [7, 11) is 0. The Hall–Kier alpha value is -1.37. The first-order valence-electron chi connectivity index (χ1n) is 6.91. The lowest BCUT2D eigenvalue weighted by atomic mass is 9.86. The molecule has 0 spiro atoms. The highest BCUT2D eigenvalue weighted by molar-refractivity contribution is 8.15. The van der Waals surface area contributed by atoms with E-state index in [1.54, 1.807) is 0 Å². The van der Waals surface area contributed by atoms with Crippen molar-refractivity contribution in [3.63, 3.8) is 0 Å². The molecule has 0 aromatic heterocycles. The summed E-state index contributed by atoms with van der Waals surface area (Å²) in [4.78, 5) is 22.1. The number of hydrogen-bond acceptors (Lipinski definition) is 5. The number of carboxylic acid groups (broad SMARTS) is 1. The maximum absolute atomic E-state index is 11.5. The van der Waals surface area contributed by atoms with Gasteiger partial charge in [-0.2, -0.15) is 5.10 Å². The van der Waals surface area contributed by atoms with Crippen molar-refractivity contribution in [1.82, 2.24) is 5.32 Å². The van der Waals surface area contributed by atoms with Gasteiger partial charge in [-0.1, -0.05) is 25.1 Å². The summed E-state index contributed by atoms with van der Waals surface area (Å²) in [6.45, 7) is 2.21. The van der Waals surface area contributed by atoms with Crippen LogP contribution in [0.5, 0.6) is 0 Å². The number of nitrogens with one attached hydrogen (secondary N) is 1. The quantitative estimate of drug-likeness (QED) is 0.776. The summed E-state index contributed by atoms with van der Waals surface area (Å²) in [5, 5.41) is 19.3. The molecule has 7 heteroatoms. The van der Waals surface area contributed by atoms with Crippen LogP contribution in [0, 0.1) is 5.92 Å². The number of aliphatic carboxylic acids is 1. The summed E-state index contributed by atoms with van der Waals surface area (Å²) >= 11 is 1.14. The third-order valence-electron chi connectivity index (χ3n) is 3.68. The van der Waals surface area contributed by atoms with Gasteiger partial charge in [-0.15, -0.1) is 5.10 Å². The third-order valence-corrected chi connectivity index (χ3v) is 4.75. The molecule has 0 radical (unpaired) electrons. The zero-order chi connectivity index (χ0) is 14.5. The Labute approximate surface area is 122 Å². The molecule has 1 aliphatic heterocycles. The van der Waals surface area contributed by atoms with Gasteiger partial charge in [-0.25, -0.2) is 0 Å². The van der Waals surface area contributed by atoms with Gasteiger partial charge in [0.1, 0.15) is 5.25 Å². The predicted molar refractivity (Wildman–Crippen MR) is 78.9 cm³/mol. The number of carbonyl (C=O) groups is 2. The Kier molecular flexibility index (Phi) is 5.17. The largest absolute Gasteiger partial charge is 0.481 e. The maximum Gasteiger partial charge on any atom is 0.305 e. The van der Waals surface area contributed by atoms with Crippen molar-refractivity contribution >= 4 is 34.5 Å². The second kappa shape index (κ2) is 6.88. The van der Waals surface area contributed by atoms with Crippen LogP contribution in [0.1, 0.15) is 45.4 Å². The van der Waals surface area contributed by atoms with E-state index in [-0.39, 0.29) is 12.3 Å². The Balaban J connectivity index is 1.89. The second-order valence-corrected chi connectivity index (χ2v) is 6.31. The van der Waals surface area contributed by atoms with Crippen LogP contribution < -0.4 is 5.32 Å². The molecule has 2 fully saturated rings. The molecule has 0 bridgehead atoms. The zero-order valence-electron chi connectivity index (χ0n) is 11.5. The lowest BCUT2D eigenvalue weighted by Gasteiger charge is -2.20. The van der Waals surface area contributed by atoms with E-state index in [2.05, 4.69) is 22.4 Å². The van der Waals surface area contributed by atoms with Crippen molar-refractivity contribution in [1.29, 1.82) is 0 Å². The summed E-state index contributed by atoms with van der Waals surface area (Å²) in [6.07, 6.45) is 5.26. The third kappa shape index (κ3) is 4.06. The number of amides is 1. The van der Waals surface area contributed by atoms with E-state index in [0.717, 1.165) is 49.1 Å². The highest BCUT2D eigenvalue weighted by Crippen LogP contribution is 2.26. The van der Waals surface area contributed by atoms with Gasteiger partial charge in [0, 0.05) is 5.71 Å². The van der Waals surface area contributed by atoms with E-state index in [1.165, 1.54) is 6.42 Å². The van der Waals surface area contributed by atoms with Gasteiger partial charge < -0.3 is 10.4 Å². The average molecular weight is 297 g/mol. The fourth-order valence-electron chi connectivity index (χ4n) is 2.38. The molecule has 0 aromatic carbocycles. The van der Waals surface area contributed by atoms with Crippen LogP contribution in [0.2, 0.25) is 0 Å². The van der Waals surface area contributed by atoms with E-state index in [0.29, 0.717) is 5.17 Å². The van der Waals surface area contributed by atoms with Gasteiger partial charge >= 0.3 is 5.97 Å². The molecule has 2 N–H and O–H groups in total. The lowest BCUT2D eigenvalue weighted by Crippen LogP contribution is -2.26. The first-order chi connectivity index (χ1) is 9.58. The van der Waals surface area contributed by atoms with Crippen molar-refractivity contribution in [3.8, 4) is 0 Å². The average Bonchev–Trinajstić information content (AvgIpc) is 2.77. The molecular formula is C13H19N3O3S. The van der Waals surface area contributed by atoms with Crippen molar-refractivity contribution in [2.75, 3.05) is 0 Å². The van der Waals surface area contributed by atoms with E-state index < -0.39 is 11.2 Å². The highest BCUT2D eigenvalue weighted by atomic mass is 32.2. The summed E-state index contributed by atoms with van der Waals surface area (Å²) in [5.41, 5.74) is 1.07. The Morgan fingerprint density at radius 2 is 2.10 bits per heavy atom. The molecule has 2 rings (SSSR count). The zero-order valence-corrected chi connectivity index (χ0v) is 12.3. The number of amidine groups is 1. The summed E-state index contributed by atoms with van der Waals surface area (Å²) in [6, 6.07) is 0. The maximum atomic E-state index is 11.5. The van der Waals surface area contributed by atoms with Gasteiger partial charge in [0.2, 0.25) is 5.91 Å². The lowest BCUT2D eigenvalue weighted by molar-refractivity contribution is -0.138. The van der Waals surface area contributed by atoms with Crippen molar-refractivity contribution in [2.24, 2.45) is 16.1 Å². The standard InChI is InChI=1S/C13H19N3O3S/c1-2-8-3-5-9(6-4-8)15-16-13-14-12(19)10(20-13)7-11(17)18/h8,10H,2-7H2,1H3,(H,17,18)(H,14,16,19). The Morgan fingerprint density at radius 3 is 2.70 bits per heavy atom. The van der Waals surface area contributed by atoms with E-state index >= 15 is 0 Å². The predicted octanol–water partition coefficient (Wildman–Crippen LogP) is 2.00. The molecule has 1 atom stereocenters. The van der Waals surface area contributed by atoms with Crippen molar-refractivity contribution < 1.29 is 14.7 Å². The van der Waals surface area contributed by atoms with Crippen LogP contribution in [-0.2, 0) is 9.59 Å². The van der Waals surface area contributed by atoms with Crippen molar-refractivity contribution in [3.05, 3.63) is 0 Å². The number of thioether (sulfide) groups is 1. The minimum Gasteiger partial charge on any atom is -0.481 e. The number of nitrogens with zero attached hydrogens (tertiary/aromatic N) is 2. The Morgan fingerprint density at radius 1 is 1.40 bits per heavy atom. The van der Waals surface area contributed by atoms with Crippen LogP contribution in [0.25, 0.3) is 0 Å². The summed E-state index contributed by atoms with van der Waals surface area (Å²) < 4.78 is 0. The number of carbonyl (C=O) groups excluding carboxylic acids is 1. The van der Waals surface area contributed by atoms with Crippen LogP contribution in [0.3, 0.4) is 0 Å². The monoisotopic (exact) mass is 297 g/mol. The number of hydrogen-bond donors (Lipinski definition) is 2. The van der Waals surface area contributed by atoms with E-state index in [4.69, 9.17) is 5.11 Å². The van der Waals surface area contributed by atoms with Gasteiger partial charge in [-0.05, 0) is 31.6 Å². The Bertz CT molecular complexity index is 452. The first kappa shape index (κ1) is 15.0. The topological polar surface area (TPSA) is 91.1 Å². The molecule has 1 saturated carbocycles. The normalized spacial score (nSPS) is 28.6. The molecule has 1 saturated heterocycles. The van der Waals surface area contributed by atoms with Crippen LogP contribution in [-0.4, -0.2) is 33.1 Å². The summed E-state index contributed by atoms with van der Waals surface area (Å²) in [5.74, 6) is -0.490. The molecular weight excluding hydrogens is 278 g/mol. The molecule has 0 aromatic rings. The van der Waals surface area contributed by atoms with E-state index in [1.807, 2.05) is 0 Å². The van der Waals surface area contributed by atoms with Gasteiger partial charge in [-0.3, -0.25) is 9.59 Å². The number of rotatable bonds is 4. The first-order valence-corrected chi connectivity index (χ1v) is 7.79. The van der Waals surface area contributed by atoms with Crippen LogP contribution >= 0.6 is 11.8 Å². The second-order valence-electron chi connectivity index (χ2n) is 5.12. The molecule has 1 unspecified atom stereocenters.